The van der Waals surface area contributed by atoms with Gasteiger partial charge in [0.1, 0.15) is 12.4 Å². The van der Waals surface area contributed by atoms with Gasteiger partial charge in [-0.1, -0.05) is 18.2 Å². The molecule has 1 aliphatic heterocycles. The van der Waals surface area contributed by atoms with Crippen LogP contribution in [0, 0.1) is 13.8 Å². The van der Waals surface area contributed by atoms with Gasteiger partial charge in [0.15, 0.2) is 6.61 Å². The zero-order chi connectivity index (χ0) is 20.8. The molecule has 1 aliphatic rings. The number of likely N-dealkylation sites (tertiary alicyclic amines) is 1. The first-order valence-corrected chi connectivity index (χ1v) is 9.78. The number of benzene rings is 1. The number of para-hydroxylation sites is 1. The third-order valence-electron chi connectivity index (χ3n) is 5.15. The minimum Gasteiger partial charge on any atom is -0.483 e. The Morgan fingerprint density at radius 1 is 1.28 bits per heavy atom. The van der Waals surface area contributed by atoms with Gasteiger partial charge < -0.3 is 19.7 Å². The van der Waals surface area contributed by atoms with Gasteiger partial charge in [0.2, 0.25) is 5.91 Å². The fraction of sp³-hybridized carbons (Fsp3) is 0.476. The summed E-state index contributed by atoms with van der Waals surface area (Å²) >= 11 is 0. The molecule has 8 heteroatoms. The number of amides is 2. The Kier molecular flexibility index (Phi) is 6.87. The standard InChI is InChI=1S/C21H28N4O4/c1-14-6-4-7-15(2)21(14)29-13-19(27)25-9-5-8-16(11-25)20-17(10-22-24-20)23-18(26)12-28-3/h4,6-7,10,16H,5,8-9,11-13H2,1-3H3,(H,22,24)(H,23,26). The lowest BCUT2D eigenvalue weighted by molar-refractivity contribution is -0.134. The van der Waals surface area contributed by atoms with Gasteiger partial charge in [-0.05, 0) is 37.8 Å². The van der Waals surface area contributed by atoms with Crippen LogP contribution in [-0.2, 0) is 14.3 Å². The summed E-state index contributed by atoms with van der Waals surface area (Å²) in [5, 5.41) is 9.85. The summed E-state index contributed by atoms with van der Waals surface area (Å²) in [6.07, 6.45) is 3.38. The number of aryl methyl sites for hydroxylation is 2. The lowest BCUT2D eigenvalue weighted by Crippen LogP contribution is -2.41. The van der Waals surface area contributed by atoms with Gasteiger partial charge in [-0.25, -0.2) is 0 Å². The van der Waals surface area contributed by atoms with E-state index in [9.17, 15) is 9.59 Å². The third kappa shape index (κ3) is 5.14. The molecule has 156 valence electrons. The van der Waals surface area contributed by atoms with Crippen LogP contribution in [0.2, 0.25) is 0 Å². The molecule has 1 saturated heterocycles. The SMILES string of the molecule is COCC(=O)Nc1cn[nH]c1C1CCCN(C(=O)COc2c(C)cccc2C)C1. The van der Waals surface area contributed by atoms with E-state index in [0.717, 1.165) is 35.4 Å². The Hall–Kier alpha value is -2.87. The number of anilines is 1. The van der Waals surface area contributed by atoms with E-state index in [2.05, 4.69) is 15.5 Å². The molecule has 0 bridgehead atoms. The van der Waals surface area contributed by atoms with Crippen molar-refractivity contribution < 1.29 is 19.1 Å². The van der Waals surface area contributed by atoms with E-state index in [-0.39, 0.29) is 30.9 Å². The second kappa shape index (κ2) is 9.56. The van der Waals surface area contributed by atoms with Crippen LogP contribution in [0.25, 0.3) is 0 Å². The van der Waals surface area contributed by atoms with Crippen LogP contribution in [0.1, 0.15) is 35.6 Å². The number of nitrogens with zero attached hydrogens (tertiary/aromatic N) is 2. The minimum atomic E-state index is -0.235. The summed E-state index contributed by atoms with van der Waals surface area (Å²) < 4.78 is 10.7. The van der Waals surface area contributed by atoms with Crippen LogP contribution in [-0.4, -0.2) is 60.3 Å². The highest BCUT2D eigenvalue weighted by Crippen LogP contribution is 2.30. The van der Waals surface area contributed by atoms with Crippen LogP contribution in [0.15, 0.2) is 24.4 Å². The predicted molar refractivity (Wildman–Crippen MR) is 109 cm³/mol. The van der Waals surface area contributed by atoms with Crippen LogP contribution in [0.5, 0.6) is 5.75 Å². The zero-order valence-electron chi connectivity index (χ0n) is 17.2. The average molecular weight is 400 g/mol. The van der Waals surface area contributed by atoms with Crippen molar-refractivity contribution in [2.45, 2.75) is 32.6 Å². The number of piperidine rings is 1. The van der Waals surface area contributed by atoms with E-state index >= 15 is 0 Å². The molecular weight excluding hydrogens is 372 g/mol. The molecule has 1 aromatic heterocycles. The molecule has 2 amide bonds. The summed E-state index contributed by atoms with van der Waals surface area (Å²) in [6, 6.07) is 5.92. The van der Waals surface area contributed by atoms with Gasteiger partial charge in [-0.3, -0.25) is 14.7 Å². The monoisotopic (exact) mass is 400 g/mol. The molecule has 1 fully saturated rings. The van der Waals surface area contributed by atoms with Crippen LogP contribution in [0.4, 0.5) is 5.69 Å². The summed E-state index contributed by atoms with van der Waals surface area (Å²) in [5.41, 5.74) is 3.51. The Balaban J connectivity index is 1.61. The van der Waals surface area contributed by atoms with Gasteiger partial charge in [-0.15, -0.1) is 0 Å². The first-order valence-electron chi connectivity index (χ1n) is 9.78. The van der Waals surface area contributed by atoms with Gasteiger partial charge in [-0.2, -0.15) is 5.10 Å². The first kappa shape index (κ1) is 20.9. The highest BCUT2D eigenvalue weighted by Gasteiger charge is 2.28. The average Bonchev–Trinajstić information content (AvgIpc) is 3.15. The van der Waals surface area contributed by atoms with E-state index in [0.29, 0.717) is 18.8 Å². The van der Waals surface area contributed by atoms with E-state index in [1.165, 1.54) is 7.11 Å². The normalized spacial score (nSPS) is 16.5. The fourth-order valence-corrected chi connectivity index (χ4v) is 3.72. The lowest BCUT2D eigenvalue weighted by atomic mass is 9.94. The van der Waals surface area contributed by atoms with Gasteiger partial charge in [0, 0.05) is 26.1 Å². The second-order valence-corrected chi connectivity index (χ2v) is 7.37. The van der Waals surface area contributed by atoms with Crippen molar-refractivity contribution in [3.05, 3.63) is 41.2 Å². The summed E-state index contributed by atoms with van der Waals surface area (Å²) in [4.78, 5) is 26.4. The van der Waals surface area contributed by atoms with Crippen molar-refractivity contribution in [1.29, 1.82) is 0 Å². The van der Waals surface area contributed by atoms with E-state index in [1.54, 1.807) is 6.20 Å². The zero-order valence-corrected chi connectivity index (χ0v) is 17.2. The minimum absolute atomic E-state index is 0.0127. The molecule has 1 aromatic carbocycles. The van der Waals surface area contributed by atoms with Crippen LogP contribution >= 0.6 is 0 Å². The van der Waals surface area contributed by atoms with Crippen molar-refractivity contribution in [2.75, 3.05) is 38.7 Å². The molecule has 1 unspecified atom stereocenters. The molecular formula is C21H28N4O4. The number of hydrogen-bond acceptors (Lipinski definition) is 5. The third-order valence-corrected chi connectivity index (χ3v) is 5.15. The van der Waals surface area contributed by atoms with Crippen molar-refractivity contribution in [1.82, 2.24) is 15.1 Å². The maximum absolute atomic E-state index is 12.7. The number of aromatic amines is 1. The summed E-state index contributed by atoms with van der Waals surface area (Å²) in [5.74, 6) is 0.571. The van der Waals surface area contributed by atoms with Crippen molar-refractivity contribution >= 4 is 17.5 Å². The molecule has 2 N–H and O–H groups in total. The highest BCUT2D eigenvalue weighted by molar-refractivity contribution is 5.92. The van der Waals surface area contributed by atoms with Crippen LogP contribution < -0.4 is 10.1 Å². The number of aromatic nitrogens is 2. The topological polar surface area (TPSA) is 96.5 Å². The summed E-state index contributed by atoms with van der Waals surface area (Å²) in [6.45, 7) is 5.20. The number of H-pyrrole nitrogens is 1. The van der Waals surface area contributed by atoms with E-state index < -0.39 is 0 Å². The molecule has 29 heavy (non-hydrogen) atoms. The lowest BCUT2D eigenvalue weighted by Gasteiger charge is -2.32. The van der Waals surface area contributed by atoms with Crippen LogP contribution in [0.3, 0.4) is 0 Å². The van der Waals surface area contributed by atoms with Gasteiger partial charge >= 0.3 is 0 Å². The van der Waals surface area contributed by atoms with Crippen molar-refractivity contribution in [3.8, 4) is 5.75 Å². The predicted octanol–water partition coefficient (Wildman–Crippen LogP) is 2.40. The smallest absolute Gasteiger partial charge is 0.260 e. The Bertz CT molecular complexity index is 844. The number of ether oxygens (including phenoxy) is 2. The highest BCUT2D eigenvalue weighted by atomic mass is 16.5. The molecule has 1 atom stereocenters. The number of carbonyl (C=O) groups excluding carboxylic acids is 2. The maximum atomic E-state index is 12.7. The fourth-order valence-electron chi connectivity index (χ4n) is 3.72. The summed E-state index contributed by atoms with van der Waals surface area (Å²) in [7, 11) is 1.47. The molecule has 8 nitrogen and oxygen atoms in total. The Labute approximate surface area is 170 Å². The molecule has 2 aromatic rings. The number of carbonyl (C=O) groups is 2. The van der Waals surface area contributed by atoms with Gasteiger partial charge in [0.25, 0.3) is 5.91 Å². The maximum Gasteiger partial charge on any atom is 0.260 e. The molecule has 0 aliphatic carbocycles. The number of methoxy groups -OCH3 is 1. The molecule has 0 saturated carbocycles. The quantitative estimate of drug-likeness (QED) is 0.744. The molecule has 2 heterocycles. The molecule has 0 spiro atoms. The largest absolute Gasteiger partial charge is 0.483 e. The van der Waals surface area contributed by atoms with Crippen molar-refractivity contribution in [2.24, 2.45) is 0 Å². The van der Waals surface area contributed by atoms with E-state index in [1.807, 2.05) is 36.9 Å². The van der Waals surface area contributed by atoms with E-state index in [4.69, 9.17) is 9.47 Å². The first-order chi connectivity index (χ1) is 14.0. The molecule has 3 rings (SSSR count). The number of nitrogens with one attached hydrogen (secondary N) is 2. The number of hydrogen-bond donors (Lipinski definition) is 2. The molecule has 0 radical (unpaired) electrons. The number of rotatable bonds is 7. The van der Waals surface area contributed by atoms with Gasteiger partial charge in [0.05, 0.1) is 17.6 Å². The Morgan fingerprint density at radius 3 is 2.76 bits per heavy atom. The second-order valence-electron chi connectivity index (χ2n) is 7.37. The Morgan fingerprint density at radius 2 is 2.03 bits per heavy atom. The van der Waals surface area contributed by atoms with Crippen molar-refractivity contribution in [3.63, 3.8) is 0 Å².